The normalized spacial score (nSPS) is 15.2. The second-order valence-corrected chi connectivity index (χ2v) is 6.47. The highest BCUT2D eigenvalue weighted by Crippen LogP contribution is 2.33. The summed E-state index contributed by atoms with van der Waals surface area (Å²) < 4.78 is 11.1. The molecular weight excluding hydrogens is 328 g/mol. The number of aryl methyl sites for hydroxylation is 2. The van der Waals surface area contributed by atoms with Crippen molar-refractivity contribution in [2.75, 3.05) is 0 Å². The molecule has 0 radical (unpaired) electrons. The number of halogens is 1. The van der Waals surface area contributed by atoms with Gasteiger partial charge in [-0.05, 0) is 25.0 Å². The Labute approximate surface area is 144 Å². The highest BCUT2D eigenvalue weighted by atomic mass is 35.5. The van der Waals surface area contributed by atoms with Gasteiger partial charge in [-0.2, -0.15) is 4.98 Å². The van der Waals surface area contributed by atoms with E-state index >= 15 is 0 Å². The number of nitrogens with zero attached hydrogens (tertiary/aromatic N) is 4. The minimum atomic E-state index is 0.434. The predicted octanol–water partition coefficient (Wildman–Crippen LogP) is 4.22. The molecule has 1 aliphatic carbocycles. The molecule has 0 atom stereocenters. The molecule has 1 fully saturated rings. The maximum atomic E-state index is 5.99. The fraction of sp³-hybridized carbons (Fsp3) is 0.412. The topological polar surface area (TPSA) is 77.8 Å². The zero-order valence-corrected chi connectivity index (χ0v) is 13.9. The molecule has 1 aliphatic rings. The summed E-state index contributed by atoms with van der Waals surface area (Å²) in [6.45, 7) is 0. The summed E-state index contributed by atoms with van der Waals surface area (Å²) in [7, 11) is 0. The third-order valence-corrected chi connectivity index (χ3v) is 4.53. The summed E-state index contributed by atoms with van der Waals surface area (Å²) >= 11 is 5.99. The monoisotopic (exact) mass is 344 g/mol. The van der Waals surface area contributed by atoms with E-state index in [-0.39, 0.29) is 0 Å². The van der Waals surface area contributed by atoms with Gasteiger partial charge in [-0.3, -0.25) is 0 Å². The Hall–Kier alpha value is -2.21. The number of hydrogen-bond donors (Lipinski definition) is 0. The van der Waals surface area contributed by atoms with Crippen LogP contribution in [0.5, 0.6) is 0 Å². The van der Waals surface area contributed by atoms with E-state index in [0.717, 1.165) is 24.3 Å². The van der Waals surface area contributed by atoms with Crippen LogP contribution in [-0.2, 0) is 12.8 Å². The van der Waals surface area contributed by atoms with E-state index in [9.17, 15) is 0 Å². The lowest BCUT2D eigenvalue weighted by molar-refractivity contribution is 0.367. The van der Waals surface area contributed by atoms with Crippen LogP contribution >= 0.6 is 11.6 Å². The van der Waals surface area contributed by atoms with Gasteiger partial charge in [-0.1, -0.05) is 41.7 Å². The Morgan fingerprint density at radius 1 is 1.08 bits per heavy atom. The third-order valence-electron chi connectivity index (χ3n) is 4.29. The van der Waals surface area contributed by atoms with Crippen molar-refractivity contribution >= 4 is 11.6 Å². The summed E-state index contributed by atoms with van der Waals surface area (Å²) in [5, 5.41) is 12.9. The Morgan fingerprint density at radius 2 is 1.92 bits per heavy atom. The molecule has 0 unspecified atom stereocenters. The maximum absolute atomic E-state index is 5.99. The van der Waals surface area contributed by atoms with E-state index < -0.39 is 0 Å². The average Bonchev–Trinajstić information content (AvgIpc) is 3.33. The average molecular weight is 345 g/mol. The van der Waals surface area contributed by atoms with Crippen LogP contribution < -0.4 is 0 Å². The lowest BCUT2D eigenvalue weighted by Crippen LogP contribution is -1.92. The van der Waals surface area contributed by atoms with E-state index in [1.165, 1.54) is 12.8 Å². The molecule has 1 saturated carbocycles. The third kappa shape index (κ3) is 3.33. The van der Waals surface area contributed by atoms with Crippen molar-refractivity contribution in [2.45, 2.75) is 44.4 Å². The fourth-order valence-corrected chi connectivity index (χ4v) is 3.21. The van der Waals surface area contributed by atoms with Crippen LogP contribution in [0.4, 0.5) is 0 Å². The molecule has 1 aromatic carbocycles. The van der Waals surface area contributed by atoms with Gasteiger partial charge in [-0.15, -0.1) is 10.2 Å². The molecule has 0 aliphatic heterocycles. The van der Waals surface area contributed by atoms with Gasteiger partial charge >= 0.3 is 0 Å². The van der Waals surface area contributed by atoms with Crippen molar-refractivity contribution < 1.29 is 8.94 Å². The molecule has 6 nitrogen and oxygen atoms in total. The molecular formula is C17H17ClN4O2. The van der Waals surface area contributed by atoms with Gasteiger partial charge in [0.05, 0.1) is 0 Å². The van der Waals surface area contributed by atoms with Gasteiger partial charge in [0, 0.05) is 29.3 Å². The summed E-state index contributed by atoms with van der Waals surface area (Å²) in [5.41, 5.74) is 0.832. The van der Waals surface area contributed by atoms with Crippen molar-refractivity contribution in [3.05, 3.63) is 47.0 Å². The lowest BCUT2D eigenvalue weighted by Gasteiger charge is -2.00. The summed E-state index contributed by atoms with van der Waals surface area (Å²) in [6, 6.07) is 7.37. The molecule has 0 amide bonds. The van der Waals surface area contributed by atoms with Gasteiger partial charge in [0.1, 0.15) is 0 Å². The van der Waals surface area contributed by atoms with Crippen LogP contribution in [0.2, 0.25) is 5.02 Å². The van der Waals surface area contributed by atoms with Gasteiger partial charge in [0.25, 0.3) is 0 Å². The number of rotatable bonds is 5. The van der Waals surface area contributed by atoms with E-state index in [0.29, 0.717) is 41.4 Å². The highest BCUT2D eigenvalue weighted by Gasteiger charge is 2.22. The van der Waals surface area contributed by atoms with Crippen LogP contribution in [0.3, 0.4) is 0 Å². The lowest BCUT2D eigenvalue weighted by atomic mass is 10.1. The van der Waals surface area contributed by atoms with Crippen molar-refractivity contribution in [3.8, 4) is 11.4 Å². The maximum Gasteiger partial charge on any atom is 0.227 e. The van der Waals surface area contributed by atoms with Gasteiger partial charge in [0.2, 0.25) is 23.5 Å². The molecule has 124 valence electrons. The predicted molar refractivity (Wildman–Crippen MR) is 87.7 cm³/mol. The van der Waals surface area contributed by atoms with Crippen molar-refractivity contribution in [1.82, 2.24) is 20.3 Å². The second-order valence-electron chi connectivity index (χ2n) is 6.04. The van der Waals surface area contributed by atoms with Gasteiger partial charge in [-0.25, -0.2) is 0 Å². The molecule has 2 aromatic heterocycles. The van der Waals surface area contributed by atoms with E-state index in [4.69, 9.17) is 20.5 Å². The first kappa shape index (κ1) is 15.3. The van der Waals surface area contributed by atoms with Crippen molar-refractivity contribution in [3.63, 3.8) is 0 Å². The zero-order valence-electron chi connectivity index (χ0n) is 13.1. The zero-order chi connectivity index (χ0) is 16.4. The van der Waals surface area contributed by atoms with E-state index in [1.807, 2.05) is 24.3 Å². The molecule has 7 heteroatoms. The van der Waals surface area contributed by atoms with Crippen LogP contribution in [0.15, 0.2) is 33.2 Å². The van der Waals surface area contributed by atoms with E-state index in [2.05, 4.69) is 20.3 Å². The number of aromatic nitrogens is 4. The first-order valence-electron chi connectivity index (χ1n) is 8.19. The summed E-state index contributed by atoms with van der Waals surface area (Å²) in [5.74, 6) is 2.91. The summed E-state index contributed by atoms with van der Waals surface area (Å²) in [4.78, 5) is 4.39. The Kier molecular flexibility index (Phi) is 4.30. The largest absolute Gasteiger partial charge is 0.425 e. The SMILES string of the molecule is Clc1cccc(-c2noc(CCc3nnc(C4CCCC4)o3)n2)c1. The van der Waals surface area contributed by atoms with Crippen LogP contribution in [0.25, 0.3) is 11.4 Å². The van der Waals surface area contributed by atoms with E-state index in [1.54, 1.807) is 0 Å². The molecule has 0 bridgehead atoms. The second kappa shape index (κ2) is 6.73. The Morgan fingerprint density at radius 3 is 2.75 bits per heavy atom. The smallest absolute Gasteiger partial charge is 0.227 e. The quantitative estimate of drug-likeness (QED) is 0.689. The number of hydrogen-bond acceptors (Lipinski definition) is 6. The molecule has 24 heavy (non-hydrogen) atoms. The summed E-state index contributed by atoms with van der Waals surface area (Å²) in [6.07, 6.45) is 5.95. The molecule has 0 saturated heterocycles. The van der Waals surface area contributed by atoms with Crippen molar-refractivity contribution in [1.29, 1.82) is 0 Å². The molecule has 4 rings (SSSR count). The first-order valence-corrected chi connectivity index (χ1v) is 8.56. The minimum Gasteiger partial charge on any atom is -0.425 e. The van der Waals surface area contributed by atoms with Gasteiger partial charge < -0.3 is 8.94 Å². The molecule has 0 spiro atoms. The van der Waals surface area contributed by atoms with Crippen LogP contribution in [0.1, 0.15) is 49.3 Å². The first-order chi connectivity index (χ1) is 11.8. The Balaban J connectivity index is 1.40. The van der Waals surface area contributed by atoms with Gasteiger partial charge in [0.15, 0.2) is 0 Å². The molecule has 2 heterocycles. The standard InChI is InChI=1S/C17H17ClN4O2/c18-13-7-3-6-12(10-13)16-19-14(24-22-16)8-9-15-20-21-17(23-15)11-4-1-2-5-11/h3,6-7,10-11H,1-2,4-5,8-9H2. The fourth-order valence-electron chi connectivity index (χ4n) is 3.02. The van der Waals surface area contributed by atoms with Crippen molar-refractivity contribution in [2.24, 2.45) is 0 Å². The van der Waals surface area contributed by atoms with Crippen LogP contribution in [-0.4, -0.2) is 20.3 Å². The molecule has 0 N–H and O–H groups in total. The number of benzene rings is 1. The Bertz CT molecular complexity index is 823. The minimum absolute atomic E-state index is 0.434. The molecule has 3 aromatic rings. The highest BCUT2D eigenvalue weighted by molar-refractivity contribution is 6.30. The van der Waals surface area contributed by atoms with Crippen LogP contribution in [0, 0.1) is 0 Å².